The van der Waals surface area contributed by atoms with Gasteiger partial charge in [0.15, 0.2) is 11.0 Å². The quantitative estimate of drug-likeness (QED) is 0.534. The third-order valence-electron chi connectivity index (χ3n) is 5.56. The van der Waals surface area contributed by atoms with E-state index in [1.165, 1.54) is 18.4 Å². The van der Waals surface area contributed by atoms with Gasteiger partial charge in [-0.25, -0.2) is 0 Å². The number of hydrogen-bond acceptors (Lipinski definition) is 5. The molecule has 3 rings (SSSR count). The molecule has 1 saturated carbocycles. The molecule has 0 unspecified atom stereocenters. The number of nitriles is 2. The van der Waals surface area contributed by atoms with Gasteiger partial charge in [-0.15, -0.1) is 10.2 Å². The van der Waals surface area contributed by atoms with Crippen LogP contribution in [0.2, 0.25) is 0 Å². The second kappa shape index (κ2) is 9.46. The first kappa shape index (κ1) is 21.4. The van der Waals surface area contributed by atoms with Gasteiger partial charge in [0.2, 0.25) is 0 Å². The molecule has 6 heteroatoms. The lowest BCUT2D eigenvalue weighted by molar-refractivity contribution is 0.485. The van der Waals surface area contributed by atoms with Crippen LogP contribution < -0.4 is 0 Å². The van der Waals surface area contributed by atoms with Crippen molar-refractivity contribution in [2.45, 2.75) is 75.9 Å². The molecule has 1 atom stereocenters. The monoisotopic (exact) mass is 407 g/mol. The third-order valence-corrected chi connectivity index (χ3v) is 6.67. The number of thioether (sulfide) groups is 1. The summed E-state index contributed by atoms with van der Waals surface area (Å²) in [7, 11) is 0. The highest BCUT2D eigenvalue weighted by Crippen LogP contribution is 2.37. The van der Waals surface area contributed by atoms with Crippen molar-refractivity contribution in [2.24, 2.45) is 5.92 Å². The zero-order valence-corrected chi connectivity index (χ0v) is 18.4. The fourth-order valence-corrected chi connectivity index (χ4v) is 4.85. The molecule has 0 aliphatic heterocycles. The molecule has 0 radical (unpaired) electrons. The molecule has 0 spiro atoms. The minimum Gasteiger partial charge on any atom is -0.299 e. The van der Waals surface area contributed by atoms with Crippen LogP contribution >= 0.6 is 11.8 Å². The molecular formula is C23H29N5S. The van der Waals surface area contributed by atoms with Crippen molar-refractivity contribution >= 4 is 11.8 Å². The Morgan fingerprint density at radius 1 is 1.14 bits per heavy atom. The minimum absolute atomic E-state index is 0.119. The first-order chi connectivity index (χ1) is 13.9. The van der Waals surface area contributed by atoms with E-state index in [1.807, 2.05) is 0 Å². The van der Waals surface area contributed by atoms with E-state index in [4.69, 9.17) is 5.26 Å². The summed E-state index contributed by atoms with van der Waals surface area (Å²) in [6.45, 7) is 6.65. The van der Waals surface area contributed by atoms with E-state index >= 15 is 0 Å². The van der Waals surface area contributed by atoms with Gasteiger partial charge in [-0.1, -0.05) is 69.6 Å². The van der Waals surface area contributed by atoms with Crippen LogP contribution in [-0.4, -0.2) is 20.5 Å². The first-order valence-electron chi connectivity index (χ1n) is 10.4. The Hall–Kier alpha value is -2.31. The van der Waals surface area contributed by atoms with Gasteiger partial charge in [0.1, 0.15) is 0 Å². The van der Waals surface area contributed by atoms with Crippen LogP contribution in [0, 0.1) is 28.6 Å². The molecule has 1 aliphatic carbocycles. The van der Waals surface area contributed by atoms with Crippen molar-refractivity contribution in [3.05, 3.63) is 29.8 Å². The van der Waals surface area contributed by atoms with E-state index in [1.54, 1.807) is 11.8 Å². The van der Waals surface area contributed by atoms with Crippen LogP contribution in [0.15, 0.2) is 29.4 Å². The third kappa shape index (κ3) is 5.19. The van der Waals surface area contributed by atoms with Crippen LogP contribution in [0.4, 0.5) is 0 Å². The number of rotatable bonds is 7. The molecule has 0 saturated heterocycles. The standard InChI is InChI=1S/C23H29N5S/c1-23(2,3)19-12-10-18(11-13-19)21-26-27-22(28(21)20-8-4-5-9-20)29-16-17(15-25)7-6-14-24/h10-13,17,20H,4-9,16H2,1-3H3/t17-/m0/s1. The van der Waals surface area contributed by atoms with Gasteiger partial charge >= 0.3 is 0 Å². The number of nitrogens with zero attached hydrogens (tertiary/aromatic N) is 5. The average Bonchev–Trinajstić information content (AvgIpc) is 3.37. The summed E-state index contributed by atoms with van der Waals surface area (Å²) in [6, 6.07) is 13.5. The van der Waals surface area contributed by atoms with E-state index in [0.29, 0.717) is 24.6 Å². The fraction of sp³-hybridized carbons (Fsp3) is 0.565. The Morgan fingerprint density at radius 2 is 1.83 bits per heavy atom. The van der Waals surface area contributed by atoms with Gasteiger partial charge in [-0.2, -0.15) is 10.5 Å². The first-order valence-corrected chi connectivity index (χ1v) is 11.4. The predicted octanol–water partition coefficient (Wildman–Crippen LogP) is 5.89. The highest BCUT2D eigenvalue weighted by Gasteiger charge is 2.25. The van der Waals surface area contributed by atoms with E-state index < -0.39 is 0 Å². The topological polar surface area (TPSA) is 78.3 Å². The normalized spacial score (nSPS) is 15.8. The lowest BCUT2D eigenvalue weighted by atomic mass is 9.86. The van der Waals surface area contributed by atoms with Crippen LogP contribution in [0.25, 0.3) is 11.4 Å². The van der Waals surface area contributed by atoms with E-state index in [2.05, 4.69) is 71.9 Å². The molecule has 0 N–H and O–H groups in total. The zero-order valence-electron chi connectivity index (χ0n) is 17.6. The second-order valence-corrected chi connectivity index (χ2v) is 9.76. The summed E-state index contributed by atoms with van der Waals surface area (Å²) in [5.41, 5.74) is 2.51. The summed E-state index contributed by atoms with van der Waals surface area (Å²) in [4.78, 5) is 0. The molecule has 2 aromatic rings. The van der Waals surface area contributed by atoms with Gasteiger partial charge in [-0.3, -0.25) is 4.57 Å². The maximum absolute atomic E-state index is 9.37. The maximum Gasteiger partial charge on any atom is 0.191 e. The van der Waals surface area contributed by atoms with Crippen molar-refractivity contribution in [1.82, 2.24) is 14.8 Å². The minimum atomic E-state index is -0.136. The zero-order chi connectivity index (χ0) is 20.9. The van der Waals surface area contributed by atoms with Crippen LogP contribution in [0.1, 0.15) is 70.9 Å². The van der Waals surface area contributed by atoms with E-state index in [9.17, 15) is 5.26 Å². The summed E-state index contributed by atoms with van der Waals surface area (Å²) < 4.78 is 2.29. The Kier molecular flexibility index (Phi) is 6.98. The van der Waals surface area contributed by atoms with Gasteiger partial charge < -0.3 is 0 Å². The highest BCUT2D eigenvalue weighted by atomic mass is 32.2. The largest absolute Gasteiger partial charge is 0.299 e. The maximum atomic E-state index is 9.37. The second-order valence-electron chi connectivity index (χ2n) is 8.78. The van der Waals surface area contributed by atoms with E-state index in [-0.39, 0.29) is 11.3 Å². The fourth-order valence-electron chi connectivity index (χ4n) is 3.78. The summed E-state index contributed by atoms with van der Waals surface area (Å²) in [5.74, 6) is 1.43. The van der Waals surface area contributed by atoms with Crippen LogP contribution in [0.5, 0.6) is 0 Å². The molecule has 1 fully saturated rings. The van der Waals surface area contributed by atoms with Gasteiger partial charge in [0.05, 0.1) is 18.1 Å². The van der Waals surface area contributed by atoms with Crippen molar-refractivity contribution in [3.8, 4) is 23.5 Å². The van der Waals surface area contributed by atoms with Crippen molar-refractivity contribution < 1.29 is 0 Å². The average molecular weight is 408 g/mol. The molecule has 0 amide bonds. The van der Waals surface area contributed by atoms with Gasteiger partial charge in [-0.05, 0) is 30.2 Å². The molecule has 1 aromatic carbocycles. The molecular weight excluding hydrogens is 378 g/mol. The molecule has 1 aromatic heterocycles. The SMILES string of the molecule is CC(C)(C)c1ccc(-c2nnc(SC[C@H](C#N)CCC#N)n2C2CCCC2)cc1. The molecule has 152 valence electrons. The molecule has 1 aliphatic rings. The molecule has 0 bridgehead atoms. The van der Waals surface area contributed by atoms with Crippen molar-refractivity contribution in [1.29, 1.82) is 10.5 Å². The predicted molar refractivity (Wildman–Crippen MR) is 116 cm³/mol. The van der Waals surface area contributed by atoms with E-state index in [0.717, 1.165) is 29.4 Å². The molecule has 1 heterocycles. The summed E-state index contributed by atoms with van der Waals surface area (Å²) in [5, 5.41) is 28.1. The summed E-state index contributed by atoms with van der Waals surface area (Å²) in [6.07, 6.45) is 5.79. The molecule has 5 nitrogen and oxygen atoms in total. The van der Waals surface area contributed by atoms with Crippen LogP contribution in [-0.2, 0) is 5.41 Å². The number of benzene rings is 1. The Labute approximate surface area is 178 Å². The Bertz CT molecular complexity index is 889. The Morgan fingerprint density at radius 3 is 2.41 bits per heavy atom. The Balaban J connectivity index is 1.86. The molecule has 29 heavy (non-hydrogen) atoms. The lowest BCUT2D eigenvalue weighted by Gasteiger charge is -2.20. The summed E-state index contributed by atoms with van der Waals surface area (Å²) >= 11 is 1.60. The highest BCUT2D eigenvalue weighted by molar-refractivity contribution is 7.99. The number of hydrogen-bond donors (Lipinski definition) is 0. The van der Waals surface area contributed by atoms with Gasteiger partial charge in [0.25, 0.3) is 0 Å². The van der Waals surface area contributed by atoms with Crippen molar-refractivity contribution in [3.63, 3.8) is 0 Å². The van der Waals surface area contributed by atoms with Gasteiger partial charge in [0, 0.05) is 23.8 Å². The lowest BCUT2D eigenvalue weighted by Crippen LogP contribution is -2.11. The van der Waals surface area contributed by atoms with Crippen LogP contribution in [0.3, 0.4) is 0 Å². The van der Waals surface area contributed by atoms with Crippen molar-refractivity contribution in [2.75, 3.05) is 5.75 Å². The smallest absolute Gasteiger partial charge is 0.191 e. The number of aromatic nitrogens is 3.